The zero-order valence-corrected chi connectivity index (χ0v) is 11.0. The van der Waals surface area contributed by atoms with Crippen molar-refractivity contribution in [3.05, 3.63) is 0 Å². The largest absolute Gasteiger partial charge is 0.480 e. The summed E-state index contributed by atoms with van der Waals surface area (Å²) in [5.74, 6) is 3.47. The van der Waals surface area contributed by atoms with Gasteiger partial charge in [-0.2, -0.15) is 0 Å². The summed E-state index contributed by atoms with van der Waals surface area (Å²) < 4.78 is 0. The molecule has 8 nitrogen and oxygen atoms in total. The number of carbonyl (C=O) groups is 3. The van der Waals surface area contributed by atoms with Gasteiger partial charge in [-0.3, -0.25) is 20.2 Å². The van der Waals surface area contributed by atoms with Gasteiger partial charge in [-0.15, -0.1) is 0 Å². The second kappa shape index (κ2) is 6.48. The lowest BCUT2D eigenvalue weighted by molar-refractivity contribution is -0.141. The standard InChI is InChI=1S/C11H20N4O4/c1-5(9(16)14-6(2)11(18)19)13-10(17)8(15-12)7-3-4-7/h5-8,15H,3-4,12H2,1-2H3,(H,13,17)(H,14,16)(H,18,19). The van der Waals surface area contributed by atoms with Crippen molar-refractivity contribution in [1.29, 1.82) is 0 Å². The molecule has 6 N–H and O–H groups in total. The third-order valence-electron chi connectivity index (χ3n) is 3.04. The van der Waals surface area contributed by atoms with E-state index in [0.717, 1.165) is 12.8 Å². The average molecular weight is 272 g/mol. The SMILES string of the molecule is CC(NC(=O)C(C)NC(=O)C(NN)C1CC1)C(=O)O. The molecular weight excluding hydrogens is 252 g/mol. The van der Waals surface area contributed by atoms with E-state index >= 15 is 0 Å². The Hall–Kier alpha value is -1.67. The minimum Gasteiger partial charge on any atom is -0.480 e. The van der Waals surface area contributed by atoms with Crippen LogP contribution in [0.15, 0.2) is 0 Å². The van der Waals surface area contributed by atoms with Crippen molar-refractivity contribution in [3.8, 4) is 0 Å². The van der Waals surface area contributed by atoms with Crippen molar-refractivity contribution in [2.24, 2.45) is 11.8 Å². The summed E-state index contributed by atoms with van der Waals surface area (Å²) in [5, 5.41) is 13.5. The highest BCUT2D eigenvalue weighted by Gasteiger charge is 2.36. The van der Waals surface area contributed by atoms with Gasteiger partial charge >= 0.3 is 5.97 Å². The van der Waals surface area contributed by atoms with E-state index in [0.29, 0.717) is 0 Å². The van der Waals surface area contributed by atoms with E-state index in [-0.39, 0.29) is 11.8 Å². The van der Waals surface area contributed by atoms with Crippen LogP contribution in [0.1, 0.15) is 26.7 Å². The Morgan fingerprint density at radius 2 is 1.63 bits per heavy atom. The molecule has 0 aromatic rings. The number of carboxylic acids is 1. The van der Waals surface area contributed by atoms with Crippen molar-refractivity contribution < 1.29 is 19.5 Å². The van der Waals surface area contributed by atoms with Gasteiger partial charge < -0.3 is 15.7 Å². The number of rotatable bonds is 7. The number of amides is 2. The summed E-state index contributed by atoms with van der Waals surface area (Å²) in [6.45, 7) is 2.84. The number of carboxylic acid groups (broad SMARTS) is 1. The Bertz CT molecular complexity index is 370. The van der Waals surface area contributed by atoms with Crippen molar-refractivity contribution in [1.82, 2.24) is 16.1 Å². The van der Waals surface area contributed by atoms with Crippen LogP contribution in [0.5, 0.6) is 0 Å². The lowest BCUT2D eigenvalue weighted by atomic mass is 10.1. The zero-order chi connectivity index (χ0) is 14.6. The molecule has 0 saturated heterocycles. The molecule has 0 aromatic heterocycles. The minimum absolute atomic E-state index is 0.207. The van der Waals surface area contributed by atoms with Gasteiger partial charge in [0, 0.05) is 0 Å². The number of hydrogen-bond acceptors (Lipinski definition) is 5. The predicted molar refractivity (Wildman–Crippen MR) is 66.7 cm³/mol. The number of hydrogen-bond donors (Lipinski definition) is 5. The van der Waals surface area contributed by atoms with E-state index in [2.05, 4.69) is 16.1 Å². The summed E-state index contributed by atoms with van der Waals surface area (Å²) in [5.41, 5.74) is 2.43. The van der Waals surface area contributed by atoms with E-state index < -0.39 is 30.0 Å². The molecule has 3 unspecified atom stereocenters. The summed E-state index contributed by atoms with van der Waals surface area (Å²) in [4.78, 5) is 34.1. The van der Waals surface area contributed by atoms with Crippen LogP contribution < -0.4 is 21.9 Å². The van der Waals surface area contributed by atoms with E-state index in [4.69, 9.17) is 10.9 Å². The molecule has 108 valence electrons. The number of nitrogens with two attached hydrogens (primary N) is 1. The predicted octanol–water partition coefficient (Wildman–Crippen LogP) is -1.68. The Kier molecular flexibility index (Phi) is 5.25. The summed E-state index contributed by atoms with van der Waals surface area (Å²) in [6, 6.07) is -2.32. The van der Waals surface area contributed by atoms with Gasteiger partial charge in [-0.1, -0.05) is 0 Å². The zero-order valence-electron chi connectivity index (χ0n) is 11.0. The summed E-state index contributed by atoms with van der Waals surface area (Å²) in [7, 11) is 0. The smallest absolute Gasteiger partial charge is 0.325 e. The van der Waals surface area contributed by atoms with Crippen molar-refractivity contribution in [3.63, 3.8) is 0 Å². The molecule has 0 radical (unpaired) electrons. The van der Waals surface area contributed by atoms with Crippen molar-refractivity contribution in [2.45, 2.75) is 44.8 Å². The van der Waals surface area contributed by atoms with Crippen LogP contribution in [0.2, 0.25) is 0 Å². The van der Waals surface area contributed by atoms with Crippen LogP contribution in [0.4, 0.5) is 0 Å². The lowest BCUT2D eigenvalue weighted by Crippen LogP contribution is -2.55. The van der Waals surface area contributed by atoms with E-state index in [1.807, 2.05) is 0 Å². The number of nitrogens with one attached hydrogen (secondary N) is 3. The fourth-order valence-corrected chi connectivity index (χ4v) is 1.62. The van der Waals surface area contributed by atoms with Crippen LogP contribution in [0.3, 0.4) is 0 Å². The lowest BCUT2D eigenvalue weighted by Gasteiger charge is -2.20. The Labute approximate surface area is 111 Å². The maximum Gasteiger partial charge on any atom is 0.325 e. The molecule has 0 aromatic carbocycles. The van der Waals surface area contributed by atoms with Crippen LogP contribution in [0, 0.1) is 5.92 Å². The molecule has 1 fully saturated rings. The molecule has 3 atom stereocenters. The second-order valence-electron chi connectivity index (χ2n) is 4.78. The highest BCUT2D eigenvalue weighted by atomic mass is 16.4. The Morgan fingerprint density at radius 1 is 1.11 bits per heavy atom. The first-order valence-corrected chi connectivity index (χ1v) is 6.16. The maximum atomic E-state index is 11.8. The maximum absolute atomic E-state index is 11.8. The van der Waals surface area contributed by atoms with E-state index in [1.165, 1.54) is 13.8 Å². The van der Waals surface area contributed by atoms with Gasteiger partial charge in [0.2, 0.25) is 11.8 Å². The van der Waals surface area contributed by atoms with Gasteiger partial charge in [0.1, 0.15) is 18.1 Å². The molecule has 1 aliphatic carbocycles. The molecule has 1 saturated carbocycles. The summed E-state index contributed by atoms with van der Waals surface area (Å²) in [6.07, 6.45) is 1.86. The topological polar surface area (TPSA) is 134 Å². The average Bonchev–Trinajstić information content (AvgIpc) is 3.13. The molecule has 1 aliphatic rings. The first kappa shape index (κ1) is 15.4. The molecule has 2 amide bonds. The van der Waals surface area contributed by atoms with Gasteiger partial charge in [-0.05, 0) is 32.6 Å². The highest BCUT2D eigenvalue weighted by Crippen LogP contribution is 2.32. The van der Waals surface area contributed by atoms with Gasteiger partial charge in [0.05, 0.1) is 0 Å². The fraction of sp³-hybridized carbons (Fsp3) is 0.727. The molecule has 0 heterocycles. The number of hydrazine groups is 1. The number of aliphatic carboxylic acids is 1. The van der Waals surface area contributed by atoms with E-state index in [9.17, 15) is 14.4 Å². The molecule has 1 rings (SSSR count). The van der Waals surface area contributed by atoms with Crippen LogP contribution in [-0.2, 0) is 14.4 Å². The van der Waals surface area contributed by atoms with Crippen molar-refractivity contribution in [2.75, 3.05) is 0 Å². The molecule has 19 heavy (non-hydrogen) atoms. The van der Waals surface area contributed by atoms with Gasteiger partial charge in [0.15, 0.2) is 0 Å². The third-order valence-corrected chi connectivity index (χ3v) is 3.04. The molecule has 0 spiro atoms. The second-order valence-corrected chi connectivity index (χ2v) is 4.78. The first-order chi connectivity index (χ1) is 8.86. The molecular formula is C11H20N4O4. The fourth-order valence-electron chi connectivity index (χ4n) is 1.62. The van der Waals surface area contributed by atoms with Crippen LogP contribution in [-0.4, -0.2) is 41.0 Å². The van der Waals surface area contributed by atoms with Crippen molar-refractivity contribution >= 4 is 17.8 Å². The molecule has 0 bridgehead atoms. The van der Waals surface area contributed by atoms with Gasteiger partial charge in [0.25, 0.3) is 0 Å². The van der Waals surface area contributed by atoms with E-state index in [1.54, 1.807) is 0 Å². The third kappa shape index (κ3) is 4.49. The minimum atomic E-state index is -1.13. The highest BCUT2D eigenvalue weighted by molar-refractivity contribution is 5.91. The number of carbonyl (C=O) groups excluding carboxylic acids is 2. The molecule has 0 aliphatic heterocycles. The Morgan fingerprint density at radius 3 is 2.05 bits per heavy atom. The Balaban J connectivity index is 2.44. The first-order valence-electron chi connectivity index (χ1n) is 6.16. The van der Waals surface area contributed by atoms with Crippen LogP contribution in [0.25, 0.3) is 0 Å². The van der Waals surface area contributed by atoms with Crippen LogP contribution >= 0.6 is 0 Å². The van der Waals surface area contributed by atoms with Gasteiger partial charge in [-0.25, -0.2) is 5.43 Å². The monoisotopic (exact) mass is 272 g/mol. The normalized spacial score (nSPS) is 19.1. The quantitative estimate of drug-likeness (QED) is 0.278. The molecule has 8 heteroatoms. The summed E-state index contributed by atoms with van der Waals surface area (Å²) >= 11 is 0.